The average molecular weight is 237 g/mol. The molecule has 0 aliphatic carbocycles. The van der Waals surface area contributed by atoms with Crippen molar-refractivity contribution in [3.8, 4) is 6.07 Å². The molecule has 0 aromatic heterocycles. The molecule has 2 nitrogen and oxygen atoms in total. The molecule has 18 heavy (non-hydrogen) atoms. The smallest absolute Gasteiger partial charge is 0.100 e. The van der Waals surface area contributed by atoms with Gasteiger partial charge in [-0.05, 0) is 23.3 Å². The molecule has 0 N–H and O–H groups in total. The van der Waals surface area contributed by atoms with E-state index in [-0.39, 0.29) is 0 Å². The van der Waals surface area contributed by atoms with Crippen LogP contribution < -0.4 is 0 Å². The Bertz CT molecular complexity index is 623. The van der Waals surface area contributed by atoms with Crippen LogP contribution in [0.15, 0.2) is 48.6 Å². The van der Waals surface area contributed by atoms with Crippen molar-refractivity contribution >= 4 is 10.8 Å². The highest BCUT2D eigenvalue weighted by atomic mass is 16.5. The summed E-state index contributed by atoms with van der Waals surface area (Å²) in [4.78, 5) is 0. The maximum atomic E-state index is 9.30. The Hall–Kier alpha value is -2.11. The largest absolute Gasteiger partial charge is 0.372 e. The molecule has 0 saturated carbocycles. The fourth-order valence-corrected chi connectivity index (χ4v) is 1.90. The molecule has 0 radical (unpaired) electrons. The van der Waals surface area contributed by atoms with Crippen molar-refractivity contribution in [2.75, 3.05) is 6.61 Å². The second kappa shape index (κ2) is 5.48. The number of hydrogen-bond donors (Lipinski definition) is 0. The molecule has 0 amide bonds. The predicted octanol–water partition coefficient (Wildman–Crippen LogP) is 3.80. The lowest BCUT2D eigenvalue weighted by Gasteiger charge is -2.08. The van der Waals surface area contributed by atoms with Crippen LogP contribution in [-0.4, -0.2) is 6.61 Å². The minimum absolute atomic E-state index is 0.445. The van der Waals surface area contributed by atoms with E-state index in [9.17, 15) is 5.26 Å². The molecule has 0 heterocycles. The monoisotopic (exact) mass is 237 g/mol. The van der Waals surface area contributed by atoms with Crippen molar-refractivity contribution in [1.82, 2.24) is 0 Å². The van der Waals surface area contributed by atoms with Gasteiger partial charge >= 0.3 is 0 Å². The fourth-order valence-electron chi connectivity index (χ4n) is 1.90. The van der Waals surface area contributed by atoms with Gasteiger partial charge in [0.15, 0.2) is 0 Å². The first kappa shape index (κ1) is 12.3. The van der Waals surface area contributed by atoms with Crippen molar-refractivity contribution < 1.29 is 4.74 Å². The van der Waals surface area contributed by atoms with Gasteiger partial charge in [-0.15, -0.1) is 0 Å². The van der Waals surface area contributed by atoms with Crippen LogP contribution in [0.3, 0.4) is 0 Å². The Morgan fingerprint density at radius 3 is 2.78 bits per heavy atom. The Morgan fingerprint density at radius 2 is 2.06 bits per heavy atom. The van der Waals surface area contributed by atoms with Gasteiger partial charge in [-0.3, -0.25) is 0 Å². The first-order valence-electron chi connectivity index (χ1n) is 5.85. The second-order valence-corrected chi connectivity index (χ2v) is 4.38. The van der Waals surface area contributed by atoms with Crippen LogP contribution in [0.5, 0.6) is 0 Å². The molecular formula is C16H15NO. The summed E-state index contributed by atoms with van der Waals surface area (Å²) in [6.45, 7) is 6.68. The van der Waals surface area contributed by atoms with Gasteiger partial charge in [-0.1, -0.05) is 48.6 Å². The van der Waals surface area contributed by atoms with Crippen LogP contribution >= 0.6 is 0 Å². The topological polar surface area (TPSA) is 33.0 Å². The minimum Gasteiger partial charge on any atom is -0.372 e. The minimum atomic E-state index is 0.445. The van der Waals surface area contributed by atoms with Gasteiger partial charge < -0.3 is 4.74 Å². The summed E-state index contributed by atoms with van der Waals surface area (Å²) >= 11 is 0. The van der Waals surface area contributed by atoms with Crippen LogP contribution in [0.2, 0.25) is 0 Å². The highest BCUT2D eigenvalue weighted by Crippen LogP contribution is 2.22. The SMILES string of the molecule is C=C(C)COCc1ccc2ccccc2c1C#N. The molecule has 0 aliphatic heterocycles. The Morgan fingerprint density at radius 1 is 1.28 bits per heavy atom. The van der Waals surface area contributed by atoms with E-state index in [4.69, 9.17) is 4.74 Å². The number of hydrogen-bond acceptors (Lipinski definition) is 2. The van der Waals surface area contributed by atoms with E-state index in [2.05, 4.69) is 12.6 Å². The molecule has 0 aliphatic rings. The number of nitrogens with zero attached hydrogens (tertiary/aromatic N) is 1. The lowest BCUT2D eigenvalue weighted by atomic mass is 10.0. The van der Waals surface area contributed by atoms with E-state index < -0.39 is 0 Å². The average Bonchev–Trinajstić information content (AvgIpc) is 2.38. The number of fused-ring (bicyclic) bond motifs is 1. The van der Waals surface area contributed by atoms with Gasteiger partial charge in [0, 0.05) is 0 Å². The zero-order valence-corrected chi connectivity index (χ0v) is 10.4. The van der Waals surface area contributed by atoms with Gasteiger partial charge in [0.2, 0.25) is 0 Å². The molecule has 2 aromatic carbocycles. The van der Waals surface area contributed by atoms with E-state index >= 15 is 0 Å². The number of ether oxygens (including phenoxy) is 1. The maximum Gasteiger partial charge on any atom is 0.100 e. The number of benzene rings is 2. The third-order valence-electron chi connectivity index (χ3n) is 2.73. The number of nitriles is 1. The fraction of sp³-hybridized carbons (Fsp3) is 0.188. The van der Waals surface area contributed by atoms with E-state index in [0.29, 0.717) is 18.8 Å². The van der Waals surface area contributed by atoms with Crippen molar-refractivity contribution in [3.63, 3.8) is 0 Å². The van der Waals surface area contributed by atoms with Crippen LogP contribution in [0, 0.1) is 11.3 Å². The molecule has 0 saturated heterocycles. The third kappa shape index (κ3) is 2.58. The van der Waals surface area contributed by atoms with E-state index in [1.165, 1.54) is 0 Å². The van der Waals surface area contributed by atoms with E-state index in [1.807, 2.05) is 43.3 Å². The first-order valence-corrected chi connectivity index (χ1v) is 5.85. The molecular weight excluding hydrogens is 222 g/mol. The Labute approximate surface area is 107 Å². The summed E-state index contributed by atoms with van der Waals surface area (Å²) in [5, 5.41) is 11.4. The van der Waals surface area contributed by atoms with E-state index in [0.717, 1.165) is 21.9 Å². The van der Waals surface area contributed by atoms with Crippen LogP contribution in [0.1, 0.15) is 18.1 Å². The van der Waals surface area contributed by atoms with Gasteiger partial charge in [0.05, 0.1) is 18.8 Å². The maximum absolute atomic E-state index is 9.30. The molecule has 0 atom stereocenters. The molecule has 2 aromatic rings. The first-order chi connectivity index (χ1) is 8.72. The van der Waals surface area contributed by atoms with Gasteiger partial charge in [0.25, 0.3) is 0 Å². The van der Waals surface area contributed by atoms with Crippen LogP contribution in [-0.2, 0) is 11.3 Å². The van der Waals surface area contributed by atoms with Gasteiger partial charge in [-0.2, -0.15) is 5.26 Å². The standard InChI is InChI=1S/C16H15NO/c1-12(2)10-18-11-14-8-7-13-5-3-4-6-15(13)16(14)9-17/h3-8H,1,10-11H2,2H3. The van der Waals surface area contributed by atoms with Crippen molar-refractivity contribution in [3.05, 3.63) is 59.7 Å². The Kier molecular flexibility index (Phi) is 3.76. The van der Waals surface area contributed by atoms with Crippen LogP contribution in [0.25, 0.3) is 10.8 Å². The van der Waals surface area contributed by atoms with Crippen molar-refractivity contribution in [1.29, 1.82) is 5.26 Å². The summed E-state index contributed by atoms with van der Waals surface area (Å²) in [6, 6.07) is 14.2. The van der Waals surface area contributed by atoms with Crippen molar-refractivity contribution in [2.24, 2.45) is 0 Å². The highest BCUT2D eigenvalue weighted by molar-refractivity contribution is 5.88. The zero-order chi connectivity index (χ0) is 13.0. The molecule has 90 valence electrons. The molecule has 0 unspecified atom stereocenters. The quantitative estimate of drug-likeness (QED) is 0.758. The van der Waals surface area contributed by atoms with E-state index in [1.54, 1.807) is 0 Å². The molecule has 2 heteroatoms. The summed E-state index contributed by atoms with van der Waals surface area (Å²) < 4.78 is 5.52. The molecule has 2 rings (SSSR count). The van der Waals surface area contributed by atoms with Gasteiger partial charge in [0.1, 0.15) is 6.07 Å². The van der Waals surface area contributed by atoms with Gasteiger partial charge in [-0.25, -0.2) is 0 Å². The summed E-state index contributed by atoms with van der Waals surface area (Å²) in [5.41, 5.74) is 2.61. The summed E-state index contributed by atoms with van der Waals surface area (Å²) in [7, 11) is 0. The zero-order valence-electron chi connectivity index (χ0n) is 10.4. The normalized spacial score (nSPS) is 10.2. The molecule has 0 fully saturated rings. The van der Waals surface area contributed by atoms with Crippen LogP contribution in [0.4, 0.5) is 0 Å². The summed E-state index contributed by atoms with van der Waals surface area (Å²) in [5.74, 6) is 0. The summed E-state index contributed by atoms with van der Waals surface area (Å²) in [6.07, 6.45) is 0. The Balaban J connectivity index is 2.34. The lowest BCUT2D eigenvalue weighted by molar-refractivity contribution is 0.143. The second-order valence-electron chi connectivity index (χ2n) is 4.38. The number of rotatable bonds is 4. The van der Waals surface area contributed by atoms with Crippen molar-refractivity contribution in [2.45, 2.75) is 13.5 Å². The molecule has 0 bridgehead atoms. The molecule has 0 spiro atoms. The highest BCUT2D eigenvalue weighted by Gasteiger charge is 2.06. The lowest BCUT2D eigenvalue weighted by Crippen LogP contribution is -1.98. The third-order valence-corrected chi connectivity index (χ3v) is 2.73. The predicted molar refractivity (Wildman–Crippen MR) is 73.1 cm³/mol.